The minimum absolute atomic E-state index is 0.00277. The summed E-state index contributed by atoms with van der Waals surface area (Å²) in [5, 5.41) is 11.2. The van der Waals surface area contributed by atoms with E-state index in [0.717, 1.165) is 78.4 Å². The van der Waals surface area contributed by atoms with Crippen molar-refractivity contribution >= 4 is 39.1 Å². The van der Waals surface area contributed by atoms with Crippen molar-refractivity contribution in [2.24, 2.45) is 0 Å². The van der Waals surface area contributed by atoms with E-state index in [9.17, 15) is 24.3 Å². The molecule has 2 aromatic carbocycles. The van der Waals surface area contributed by atoms with Crippen LogP contribution in [0.4, 0.5) is 0 Å². The topological polar surface area (TPSA) is 105 Å². The maximum Gasteiger partial charge on any atom is 0.335 e. The number of aromatic nitrogens is 2. The van der Waals surface area contributed by atoms with Crippen LogP contribution in [-0.2, 0) is 13.1 Å². The molecule has 1 saturated heterocycles. The van der Waals surface area contributed by atoms with Gasteiger partial charge in [0.1, 0.15) is 0 Å². The lowest BCUT2D eigenvalue weighted by molar-refractivity contribution is 0.0696. The van der Waals surface area contributed by atoms with Crippen molar-refractivity contribution in [2.45, 2.75) is 59.0 Å². The molecule has 9 heteroatoms. The summed E-state index contributed by atoms with van der Waals surface area (Å²) in [6.45, 7) is 10.5. The monoisotopic (exact) mass is 624 g/mol. The van der Waals surface area contributed by atoms with Crippen LogP contribution in [0.1, 0.15) is 77.8 Å². The van der Waals surface area contributed by atoms with Crippen LogP contribution in [0.2, 0.25) is 0 Å². The van der Waals surface area contributed by atoms with Gasteiger partial charge in [0, 0.05) is 54.6 Å². The number of likely N-dealkylation sites (tertiary alicyclic amines) is 1. The zero-order chi connectivity index (χ0) is 33.1. The number of piperidine rings is 1. The minimum Gasteiger partial charge on any atom is -0.478 e. The fraction of sp³-hybridized carbons (Fsp3) is 0.405. The quantitative estimate of drug-likeness (QED) is 0.284. The average Bonchev–Trinajstić information content (AvgIpc) is 3.04. The first-order valence-corrected chi connectivity index (χ1v) is 16.2. The normalized spacial score (nSPS) is 16.2. The number of carboxylic acids is 1. The molecule has 0 bridgehead atoms. The number of carboxylic acid groups (broad SMARTS) is 1. The molecule has 2 aliphatic rings. The highest BCUT2D eigenvalue weighted by Gasteiger charge is 2.22. The number of hydrogen-bond acceptors (Lipinski definition) is 6. The Hall–Kier alpha value is -4.34. The van der Waals surface area contributed by atoms with Crippen LogP contribution in [0.15, 0.2) is 64.2 Å². The molecule has 0 atom stereocenters. The van der Waals surface area contributed by atoms with E-state index in [2.05, 4.69) is 30.0 Å². The molecule has 4 heterocycles. The number of fused-ring (bicyclic) bond motifs is 2. The van der Waals surface area contributed by atoms with Crippen LogP contribution >= 0.6 is 0 Å². The lowest BCUT2D eigenvalue weighted by atomic mass is 9.87. The number of carbonyl (C=O) groups is 2. The molecule has 0 unspecified atom stereocenters. The summed E-state index contributed by atoms with van der Waals surface area (Å²) in [7, 11) is 4.19. The van der Waals surface area contributed by atoms with Crippen LogP contribution in [0.3, 0.4) is 0 Å². The third-order valence-corrected chi connectivity index (χ3v) is 9.46. The van der Waals surface area contributed by atoms with Gasteiger partial charge in [-0.05, 0) is 126 Å². The van der Waals surface area contributed by atoms with Gasteiger partial charge in [0.15, 0.2) is 5.78 Å². The number of rotatable bonds is 6. The highest BCUT2D eigenvalue weighted by Crippen LogP contribution is 2.33. The smallest absolute Gasteiger partial charge is 0.335 e. The molecule has 242 valence electrons. The molecule has 46 heavy (non-hydrogen) atoms. The van der Waals surface area contributed by atoms with Gasteiger partial charge in [-0.3, -0.25) is 14.4 Å². The van der Waals surface area contributed by atoms with E-state index in [0.29, 0.717) is 24.6 Å². The van der Waals surface area contributed by atoms with Gasteiger partial charge in [-0.25, -0.2) is 4.79 Å². The van der Waals surface area contributed by atoms with Crippen LogP contribution in [0, 0.1) is 0 Å². The summed E-state index contributed by atoms with van der Waals surface area (Å²) < 4.78 is 3.47. The number of pyridine rings is 2. The highest BCUT2D eigenvalue weighted by molar-refractivity contribution is 6.01. The summed E-state index contributed by atoms with van der Waals surface area (Å²) in [5.41, 5.74) is 5.90. The standard InChI is InChI=1S/C19H22N2O2.C18H22N2O3/c1-4-21-18-6-5-15(13(2)22)11-17(18)16(12-19(21)23)14-7-9-20(3)10-8-14;1-3-20-16-5-4-13(18(22)23)10-15(16)14(11-17(20)21)12-6-8-19(2)9-7-12/h5-7,11-12H,4,8-10H2,1-3H3;4-5,10-12H,3,6-9H2,1-2H3,(H,22,23). The molecular weight excluding hydrogens is 580 g/mol. The minimum atomic E-state index is -0.935. The third-order valence-electron chi connectivity index (χ3n) is 9.46. The molecule has 0 spiro atoms. The van der Waals surface area contributed by atoms with Gasteiger partial charge in [0.2, 0.25) is 0 Å². The largest absolute Gasteiger partial charge is 0.478 e. The number of aromatic carboxylic acids is 1. The number of ketones is 1. The predicted octanol–water partition coefficient (Wildman–Crippen LogP) is 5.47. The van der Waals surface area contributed by atoms with Gasteiger partial charge < -0.3 is 24.0 Å². The lowest BCUT2D eigenvalue weighted by Crippen LogP contribution is -2.30. The van der Waals surface area contributed by atoms with E-state index < -0.39 is 5.97 Å². The molecule has 0 amide bonds. The molecule has 0 aliphatic carbocycles. The number of benzene rings is 2. The number of Topliss-reactive ketones (excluding diaryl/α,β-unsaturated/α-hetero) is 1. The van der Waals surface area contributed by atoms with E-state index in [1.807, 2.05) is 32.0 Å². The summed E-state index contributed by atoms with van der Waals surface area (Å²) >= 11 is 0. The second-order valence-electron chi connectivity index (χ2n) is 12.5. The van der Waals surface area contributed by atoms with Gasteiger partial charge in [-0.15, -0.1) is 0 Å². The van der Waals surface area contributed by atoms with Crippen molar-refractivity contribution in [1.82, 2.24) is 18.9 Å². The van der Waals surface area contributed by atoms with Crippen molar-refractivity contribution in [2.75, 3.05) is 40.3 Å². The van der Waals surface area contributed by atoms with Crippen molar-refractivity contribution in [3.63, 3.8) is 0 Å². The molecule has 1 N–H and O–H groups in total. The Morgan fingerprint density at radius 3 is 1.93 bits per heavy atom. The second kappa shape index (κ2) is 14.0. The maximum absolute atomic E-state index is 12.5. The molecule has 2 aromatic heterocycles. The second-order valence-corrected chi connectivity index (χ2v) is 12.5. The maximum atomic E-state index is 12.5. The lowest BCUT2D eigenvalue weighted by Gasteiger charge is -2.30. The molecule has 0 radical (unpaired) electrons. The fourth-order valence-corrected chi connectivity index (χ4v) is 6.74. The number of carbonyl (C=O) groups excluding carboxylic acids is 1. The van der Waals surface area contributed by atoms with Crippen LogP contribution in [0.5, 0.6) is 0 Å². The van der Waals surface area contributed by atoms with E-state index in [1.54, 1.807) is 46.4 Å². The number of likely N-dealkylation sites (N-methyl/N-ethyl adjacent to an activating group) is 1. The van der Waals surface area contributed by atoms with Crippen LogP contribution in [-0.4, -0.2) is 76.1 Å². The van der Waals surface area contributed by atoms with E-state index >= 15 is 0 Å². The summed E-state index contributed by atoms with van der Waals surface area (Å²) in [6.07, 6.45) is 5.11. The van der Waals surface area contributed by atoms with Crippen molar-refractivity contribution in [1.29, 1.82) is 0 Å². The fourth-order valence-electron chi connectivity index (χ4n) is 6.74. The van der Waals surface area contributed by atoms with E-state index in [1.165, 1.54) is 5.57 Å². The Labute approximate surface area is 269 Å². The van der Waals surface area contributed by atoms with Gasteiger partial charge in [0.25, 0.3) is 11.1 Å². The first kappa shape index (κ1) is 33.0. The van der Waals surface area contributed by atoms with Gasteiger partial charge >= 0.3 is 5.97 Å². The summed E-state index contributed by atoms with van der Waals surface area (Å²) in [4.78, 5) is 52.5. The van der Waals surface area contributed by atoms with Crippen LogP contribution in [0.25, 0.3) is 27.4 Å². The Morgan fingerprint density at radius 1 is 0.783 bits per heavy atom. The van der Waals surface area contributed by atoms with Crippen molar-refractivity contribution in [3.8, 4) is 0 Å². The molecule has 0 saturated carbocycles. The first-order valence-electron chi connectivity index (χ1n) is 16.2. The van der Waals surface area contributed by atoms with Gasteiger partial charge in [0.05, 0.1) is 16.6 Å². The van der Waals surface area contributed by atoms with Crippen LogP contribution < -0.4 is 11.1 Å². The molecular formula is C37H44N4O5. The molecule has 9 nitrogen and oxygen atoms in total. The number of aryl methyl sites for hydroxylation is 2. The third kappa shape index (κ3) is 6.76. The first-order chi connectivity index (χ1) is 22.0. The molecule has 1 fully saturated rings. The SMILES string of the molecule is CCn1c(=O)cc(C2=CCN(C)CC2)c2cc(C(C)=O)ccc21.CCn1c(=O)cc(C2CCN(C)CC2)c2cc(C(=O)O)ccc21. The summed E-state index contributed by atoms with van der Waals surface area (Å²) in [6, 6.07) is 14.1. The summed E-state index contributed by atoms with van der Waals surface area (Å²) in [5.74, 6) is -0.572. The predicted molar refractivity (Wildman–Crippen MR) is 184 cm³/mol. The molecule has 4 aromatic rings. The Kier molecular flexibility index (Phi) is 10.0. The number of hydrogen-bond donors (Lipinski definition) is 1. The van der Waals surface area contributed by atoms with Crippen molar-refractivity contribution < 1.29 is 14.7 Å². The average molecular weight is 625 g/mol. The Morgan fingerprint density at radius 2 is 1.37 bits per heavy atom. The Balaban J connectivity index is 0.000000181. The van der Waals surface area contributed by atoms with Gasteiger partial charge in [-0.1, -0.05) is 6.08 Å². The zero-order valence-corrected chi connectivity index (χ0v) is 27.5. The number of nitrogens with zero attached hydrogens (tertiary/aromatic N) is 4. The van der Waals surface area contributed by atoms with E-state index in [-0.39, 0.29) is 22.5 Å². The van der Waals surface area contributed by atoms with Gasteiger partial charge in [-0.2, -0.15) is 0 Å². The molecule has 6 rings (SSSR count). The highest BCUT2D eigenvalue weighted by atomic mass is 16.4. The zero-order valence-electron chi connectivity index (χ0n) is 27.5. The Bertz CT molecular complexity index is 1950. The van der Waals surface area contributed by atoms with Crippen molar-refractivity contribution in [3.05, 3.63) is 97.6 Å². The van der Waals surface area contributed by atoms with E-state index in [4.69, 9.17) is 0 Å². The molecule has 2 aliphatic heterocycles.